The van der Waals surface area contributed by atoms with E-state index >= 15 is 0 Å². The number of amides is 1. The highest BCUT2D eigenvalue weighted by Crippen LogP contribution is 2.45. The highest BCUT2D eigenvalue weighted by Gasteiger charge is 2.45. The van der Waals surface area contributed by atoms with Crippen LogP contribution in [0.25, 0.3) is 0 Å². The van der Waals surface area contributed by atoms with Gasteiger partial charge in [0.1, 0.15) is 0 Å². The van der Waals surface area contributed by atoms with Crippen LogP contribution in [0.1, 0.15) is 37.7 Å². The maximum absolute atomic E-state index is 11.7. The van der Waals surface area contributed by atoms with Crippen molar-refractivity contribution in [3.63, 3.8) is 0 Å². The molecule has 2 N–H and O–H groups in total. The fourth-order valence-electron chi connectivity index (χ4n) is 2.10. The number of benzene rings is 1. The molecule has 0 bridgehead atoms. The first-order chi connectivity index (χ1) is 8.62. The number of nitrogens with one attached hydrogen (secondary N) is 1. The topological polar surface area (TPSA) is 66.4 Å². The monoisotopic (exact) mass is 247 g/mol. The van der Waals surface area contributed by atoms with Gasteiger partial charge in [-0.15, -0.1) is 0 Å². The summed E-state index contributed by atoms with van der Waals surface area (Å²) in [6, 6.07) is 9.92. The lowest BCUT2D eigenvalue weighted by atomic mass is 10.0. The lowest BCUT2D eigenvalue weighted by molar-refractivity contribution is -0.137. The summed E-state index contributed by atoms with van der Waals surface area (Å²) < 4.78 is 0. The van der Waals surface area contributed by atoms with Crippen LogP contribution in [0.15, 0.2) is 30.3 Å². The molecule has 0 aliphatic heterocycles. The predicted molar refractivity (Wildman–Crippen MR) is 67.0 cm³/mol. The van der Waals surface area contributed by atoms with Gasteiger partial charge in [-0.05, 0) is 24.8 Å². The van der Waals surface area contributed by atoms with Gasteiger partial charge in [0.2, 0.25) is 5.91 Å². The summed E-state index contributed by atoms with van der Waals surface area (Å²) >= 11 is 0. The van der Waals surface area contributed by atoms with Gasteiger partial charge in [-0.25, -0.2) is 0 Å². The molecule has 96 valence electrons. The molecule has 1 aliphatic rings. The molecule has 0 saturated heterocycles. The normalized spacial score (nSPS) is 16.0. The fourth-order valence-corrected chi connectivity index (χ4v) is 2.10. The molecule has 1 aliphatic carbocycles. The predicted octanol–water partition coefficient (Wildman–Crippen LogP) is 2.05. The van der Waals surface area contributed by atoms with Crippen molar-refractivity contribution in [2.24, 2.45) is 0 Å². The lowest BCUT2D eigenvalue weighted by Crippen LogP contribution is -2.34. The number of hydrogen-bond donors (Lipinski definition) is 2. The van der Waals surface area contributed by atoms with Crippen LogP contribution in [0.3, 0.4) is 0 Å². The summed E-state index contributed by atoms with van der Waals surface area (Å²) in [5, 5.41) is 11.5. The van der Waals surface area contributed by atoms with Crippen LogP contribution < -0.4 is 5.32 Å². The maximum Gasteiger partial charge on any atom is 0.303 e. The highest BCUT2D eigenvalue weighted by atomic mass is 16.4. The zero-order valence-corrected chi connectivity index (χ0v) is 10.2. The molecule has 18 heavy (non-hydrogen) atoms. The van der Waals surface area contributed by atoms with Crippen LogP contribution in [0.2, 0.25) is 0 Å². The number of carboxylic acid groups (broad SMARTS) is 1. The van der Waals surface area contributed by atoms with Crippen LogP contribution in [-0.2, 0) is 15.1 Å². The lowest BCUT2D eigenvalue weighted by Gasteiger charge is -2.17. The van der Waals surface area contributed by atoms with Gasteiger partial charge in [-0.1, -0.05) is 30.3 Å². The van der Waals surface area contributed by atoms with E-state index in [1.807, 2.05) is 30.3 Å². The van der Waals surface area contributed by atoms with Gasteiger partial charge >= 0.3 is 5.97 Å². The first-order valence-corrected chi connectivity index (χ1v) is 6.21. The number of hydrogen-bond acceptors (Lipinski definition) is 2. The number of carboxylic acids is 1. The molecular formula is C14H17NO3. The van der Waals surface area contributed by atoms with E-state index in [-0.39, 0.29) is 24.3 Å². The molecule has 1 aromatic rings. The fraction of sp³-hybridized carbons (Fsp3) is 0.429. The molecule has 0 unspecified atom stereocenters. The van der Waals surface area contributed by atoms with Crippen LogP contribution in [0, 0.1) is 0 Å². The molecule has 0 heterocycles. The van der Waals surface area contributed by atoms with Gasteiger partial charge in [-0.2, -0.15) is 0 Å². The van der Waals surface area contributed by atoms with E-state index in [2.05, 4.69) is 5.32 Å². The molecule has 4 heteroatoms. The molecule has 1 amide bonds. The quantitative estimate of drug-likeness (QED) is 0.808. The number of carbonyl (C=O) groups excluding carboxylic acids is 1. The highest BCUT2D eigenvalue weighted by molar-refractivity contribution is 5.78. The summed E-state index contributed by atoms with van der Waals surface area (Å²) in [6.45, 7) is 0. The van der Waals surface area contributed by atoms with E-state index in [1.54, 1.807) is 0 Å². The van der Waals surface area contributed by atoms with Crippen LogP contribution in [0.4, 0.5) is 0 Å². The van der Waals surface area contributed by atoms with E-state index in [1.165, 1.54) is 0 Å². The molecule has 0 aromatic heterocycles. The Balaban J connectivity index is 1.86. The molecule has 0 atom stereocenters. The average Bonchev–Trinajstić information content (AvgIpc) is 3.10. The minimum absolute atomic E-state index is 0.0474. The van der Waals surface area contributed by atoms with Gasteiger partial charge in [0.25, 0.3) is 0 Å². The zero-order valence-electron chi connectivity index (χ0n) is 10.2. The van der Waals surface area contributed by atoms with Gasteiger partial charge in [0, 0.05) is 12.8 Å². The Labute approximate surface area is 106 Å². The van der Waals surface area contributed by atoms with Gasteiger partial charge in [0.15, 0.2) is 0 Å². The van der Waals surface area contributed by atoms with Crippen LogP contribution in [-0.4, -0.2) is 17.0 Å². The first kappa shape index (κ1) is 12.6. The van der Waals surface area contributed by atoms with Crippen molar-refractivity contribution >= 4 is 11.9 Å². The summed E-state index contributed by atoms with van der Waals surface area (Å²) in [7, 11) is 0. The molecule has 2 rings (SSSR count). The van der Waals surface area contributed by atoms with Crippen molar-refractivity contribution in [1.29, 1.82) is 0 Å². The summed E-state index contributed by atoms with van der Waals surface area (Å²) in [4.78, 5) is 22.1. The van der Waals surface area contributed by atoms with E-state index < -0.39 is 5.97 Å². The molecule has 1 aromatic carbocycles. The van der Waals surface area contributed by atoms with Crippen molar-refractivity contribution in [3.05, 3.63) is 35.9 Å². The van der Waals surface area contributed by atoms with E-state index in [4.69, 9.17) is 5.11 Å². The minimum atomic E-state index is -0.855. The van der Waals surface area contributed by atoms with E-state index in [9.17, 15) is 9.59 Å². The third-order valence-corrected chi connectivity index (χ3v) is 3.25. The van der Waals surface area contributed by atoms with Crippen molar-refractivity contribution in [1.82, 2.24) is 5.32 Å². The second kappa shape index (κ2) is 5.21. The SMILES string of the molecule is O=C(O)CCCC(=O)NC1(c2ccccc2)CC1. The largest absolute Gasteiger partial charge is 0.481 e. The minimum Gasteiger partial charge on any atom is -0.481 e. The van der Waals surface area contributed by atoms with E-state index in [0.29, 0.717) is 6.42 Å². The Morgan fingerprint density at radius 2 is 1.83 bits per heavy atom. The van der Waals surface area contributed by atoms with Crippen molar-refractivity contribution in [2.75, 3.05) is 0 Å². The Morgan fingerprint density at radius 3 is 2.39 bits per heavy atom. The van der Waals surface area contributed by atoms with Gasteiger partial charge in [-0.3, -0.25) is 9.59 Å². The number of rotatable bonds is 6. The molecule has 1 saturated carbocycles. The third kappa shape index (κ3) is 3.09. The Hall–Kier alpha value is -1.84. The second-order valence-corrected chi connectivity index (χ2v) is 4.74. The Kier molecular flexibility index (Phi) is 3.65. The molecular weight excluding hydrogens is 230 g/mol. The maximum atomic E-state index is 11.7. The summed E-state index contributed by atoms with van der Waals surface area (Å²) in [5.74, 6) is -0.912. The zero-order chi connectivity index (χ0) is 13.0. The third-order valence-electron chi connectivity index (χ3n) is 3.25. The molecule has 0 radical (unpaired) electrons. The Morgan fingerprint density at radius 1 is 1.17 bits per heavy atom. The van der Waals surface area contributed by atoms with Gasteiger partial charge in [0.05, 0.1) is 5.54 Å². The standard InChI is InChI=1S/C14H17NO3/c16-12(7-4-8-13(17)18)15-14(9-10-14)11-5-2-1-3-6-11/h1-3,5-6H,4,7-10H2,(H,15,16)(H,17,18). The molecule has 1 fully saturated rings. The first-order valence-electron chi connectivity index (χ1n) is 6.21. The van der Waals surface area contributed by atoms with Crippen molar-refractivity contribution in [2.45, 2.75) is 37.6 Å². The summed E-state index contributed by atoms with van der Waals surface area (Å²) in [6.07, 6.45) is 2.64. The van der Waals surface area contributed by atoms with Crippen LogP contribution in [0.5, 0.6) is 0 Å². The summed E-state index contributed by atoms with van der Waals surface area (Å²) in [5.41, 5.74) is 0.943. The van der Waals surface area contributed by atoms with Gasteiger partial charge < -0.3 is 10.4 Å². The molecule has 4 nitrogen and oxygen atoms in total. The number of aliphatic carboxylic acids is 1. The van der Waals surface area contributed by atoms with Crippen molar-refractivity contribution in [3.8, 4) is 0 Å². The average molecular weight is 247 g/mol. The van der Waals surface area contributed by atoms with E-state index in [0.717, 1.165) is 18.4 Å². The van der Waals surface area contributed by atoms with Crippen molar-refractivity contribution < 1.29 is 14.7 Å². The number of carbonyl (C=O) groups is 2. The smallest absolute Gasteiger partial charge is 0.303 e. The molecule has 0 spiro atoms. The second-order valence-electron chi connectivity index (χ2n) is 4.74. The van der Waals surface area contributed by atoms with Crippen LogP contribution >= 0.6 is 0 Å². The Bertz CT molecular complexity index is 438.